The van der Waals surface area contributed by atoms with Crippen molar-refractivity contribution in [2.75, 3.05) is 5.32 Å². The molecule has 0 spiro atoms. The van der Waals surface area contributed by atoms with E-state index in [1.807, 2.05) is 0 Å². The summed E-state index contributed by atoms with van der Waals surface area (Å²) in [4.78, 5) is 24.5. The van der Waals surface area contributed by atoms with Crippen molar-refractivity contribution in [1.82, 2.24) is 0 Å². The Labute approximate surface area is 161 Å². The van der Waals surface area contributed by atoms with Gasteiger partial charge in [-0.15, -0.1) is 11.3 Å². The molecule has 28 heavy (non-hydrogen) atoms. The average Bonchev–Trinajstić information content (AvgIpc) is 3.04. The van der Waals surface area contributed by atoms with Gasteiger partial charge in [0.2, 0.25) is 5.91 Å². The number of hydrogen-bond acceptors (Lipinski definition) is 3. The van der Waals surface area contributed by atoms with Gasteiger partial charge in [0.25, 0.3) is 0 Å². The molecule has 142 valence electrons. The molecule has 0 bridgehead atoms. The Hall–Kier alpha value is -3.13. The molecule has 0 aliphatic carbocycles. The SMILES string of the molecule is O=C1CC(c2cccc(F)c2F)c2sc(C(=O)O)c(-c3ccc(F)cc3)c2N1. The Morgan fingerprint density at radius 1 is 1.11 bits per heavy atom. The van der Waals surface area contributed by atoms with Crippen LogP contribution in [0.25, 0.3) is 11.1 Å². The van der Waals surface area contributed by atoms with Crippen molar-refractivity contribution in [2.45, 2.75) is 12.3 Å². The van der Waals surface area contributed by atoms with Crippen LogP contribution >= 0.6 is 11.3 Å². The third kappa shape index (κ3) is 2.95. The Kier molecular flexibility index (Phi) is 4.43. The molecule has 0 fully saturated rings. The molecule has 1 atom stereocenters. The fraction of sp³-hybridized carbons (Fsp3) is 0.100. The van der Waals surface area contributed by atoms with Crippen molar-refractivity contribution in [3.63, 3.8) is 0 Å². The highest BCUT2D eigenvalue weighted by Gasteiger charge is 2.35. The molecular weight excluding hydrogens is 391 g/mol. The monoisotopic (exact) mass is 403 g/mol. The summed E-state index contributed by atoms with van der Waals surface area (Å²) in [5.41, 5.74) is 0.846. The molecule has 0 radical (unpaired) electrons. The van der Waals surface area contributed by atoms with Gasteiger partial charge in [0.05, 0.1) is 5.69 Å². The van der Waals surface area contributed by atoms with Crippen LogP contribution in [0.15, 0.2) is 42.5 Å². The molecule has 0 saturated heterocycles. The van der Waals surface area contributed by atoms with E-state index in [2.05, 4.69) is 5.32 Å². The van der Waals surface area contributed by atoms with E-state index >= 15 is 0 Å². The van der Waals surface area contributed by atoms with E-state index in [1.165, 1.54) is 36.4 Å². The fourth-order valence-corrected chi connectivity index (χ4v) is 4.61. The number of aromatic carboxylic acids is 1. The number of fused-ring (bicyclic) bond motifs is 1. The smallest absolute Gasteiger partial charge is 0.346 e. The van der Waals surface area contributed by atoms with Crippen LogP contribution in [0.3, 0.4) is 0 Å². The number of halogens is 3. The molecule has 2 N–H and O–H groups in total. The minimum Gasteiger partial charge on any atom is -0.477 e. The summed E-state index contributed by atoms with van der Waals surface area (Å²) in [7, 11) is 0. The van der Waals surface area contributed by atoms with Gasteiger partial charge in [-0.1, -0.05) is 24.3 Å². The molecule has 1 amide bonds. The van der Waals surface area contributed by atoms with E-state index < -0.39 is 35.2 Å². The van der Waals surface area contributed by atoms with Crippen molar-refractivity contribution in [1.29, 1.82) is 0 Å². The van der Waals surface area contributed by atoms with E-state index in [4.69, 9.17) is 0 Å². The number of anilines is 1. The number of nitrogens with one attached hydrogen (secondary N) is 1. The van der Waals surface area contributed by atoms with Gasteiger partial charge in [0.1, 0.15) is 10.7 Å². The first-order valence-electron chi connectivity index (χ1n) is 8.26. The Morgan fingerprint density at radius 2 is 1.82 bits per heavy atom. The highest BCUT2D eigenvalue weighted by Crippen LogP contribution is 2.49. The summed E-state index contributed by atoms with van der Waals surface area (Å²) in [6.45, 7) is 0. The number of carbonyl (C=O) groups is 2. The van der Waals surface area contributed by atoms with Gasteiger partial charge in [-0.25, -0.2) is 18.0 Å². The van der Waals surface area contributed by atoms with Gasteiger partial charge in [-0.05, 0) is 29.3 Å². The zero-order valence-corrected chi connectivity index (χ0v) is 14.9. The quantitative estimate of drug-likeness (QED) is 0.647. The van der Waals surface area contributed by atoms with Crippen LogP contribution in [0.1, 0.15) is 32.5 Å². The highest BCUT2D eigenvalue weighted by atomic mass is 32.1. The summed E-state index contributed by atoms with van der Waals surface area (Å²) in [5.74, 6) is -5.10. The Bertz CT molecular complexity index is 1110. The van der Waals surface area contributed by atoms with Gasteiger partial charge in [0.15, 0.2) is 11.6 Å². The van der Waals surface area contributed by atoms with E-state index in [-0.39, 0.29) is 28.1 Å². The van der Waals surface area contributed by atoms with Crippen molar-refractivity contribution in [3.05, 3.63) is 75.2 Å². The normalized spacial score (nSPS) is 15.8. The number of hydrogen-bond donors (Lipinski definition) is 2. The Balaban J connectivity index is 1.96. The van der Waals surface area contributed by atoms with Crippen LogP contribution in [-0.4, -0.2) is 17.0 Å². The molecular formula is C20H12F3NO3S. The maximum Gasteiger partial charge on any atom is 0.346 e. The van der Waals surface area contributed by atoms with Gasteiger partial charge in [0, 0.05) is 22.8 Å². The molecule has 8 heteroatoms. The first-order valence-corrected chi connectivity index (χ1v) is 9.08. The minimum absolute atomic E-state index is 0.0139. The Morgan fingerprint density at radius 3 is 2.50 bits per heavy atom. The fourth-order valence-electron chi connectivity index (χ4n) is 3.37. The molecule has 1 aromatic heterocycles. The standard InChI is InChI=1S/C20H12F3NO3S/c21-10-6-4-9(5-7-10)15-17-18(28-19(15)20(26)27)12(8-14(25)24-17)11-2-1-3-13(22)16(11)23/h1-7,12H,8H2,(H,24,25)(H,26,27). The second-order valence-corrected chi connectivity index (χ2v) is 7.36. The van der Waals surface area contributed by atoms with Crippen LogP contribution in [0.4, 0.5) is 18.9 Å². The number of benzene rings is 2. The lowest BCUT2D eigenvalue weighted by Gasteiger charge is -2.24. The van der Waals surface area contributed by atoms with Crippen molar-refractivity contribution < 1.29 is 27.9 Å². The van der Waals surface area contributed by atoms with E-state index in [9.17, 15) is 27.9 Å². The number of carboxylic acids is 1. The molecule has 1 aliphatic rings. The van der Waals surface area contributed by atoms with Crippen LogP contribution in [0.5, 0.6) is 0 Å². The molecule has 4 rings (SSSR count). The second kappa shape index (κ2) is 6.79. The van der Waals surface area contributed by atoms with Gasteiger partial charge >= 0.3 is 5.97 Å². The highest BCUT2D eigenvalue weighted by molar-refractivity contribution is 7.15. The molecule has 0 saturated carbocycles. The maximum atomic E-state index is 14.4. The zero-order chi connectivity index (χ0) is 20.0. The van der Waals surface area contributed by atoms with Gasteiger partial charge in [-0.2, -0.15) is 0 Å². The molecule has 1 aliphatic heterocycles. The van der Waals surface area contributed by atoms with E-state index in [1.54, 1.807) is 0 Å². The van der Waals surface area contributed by atoms with E-state index in [0.717, 1.165) is 17.4 Å². The third-order valence-electron chi connectivity index (χ3n) is 4.59. The van der Waals surface area contributed by atoms with Crippen LogP contribution in [-0.2, 0) is 4.79 Å². The summed E-state index contributed by atoms with van der Waals surface area (Å²) in [6.07, 6.45) is -0.143. The number of rotatable bonds is 3. The van der Waals surface area contributed by atoms with Crippen molar-refractivity contribution >= 4 is 28.9 Å². The third-order valence-corrected chi connectivity index (χ3v) is 5.88. The number of carboxylic acid groups (broad SMARTS) is 1. The number of amides is 1. The minimum atomic E-state index is -1.23. The number of carbonyl (C=O) groups excluding carboxylic acids is 1. The lowest BCUT2D eigenvalue weighted by molar-refractivity contribution is -0.116. The van der Waals surface area contributed by atoms with E-state index in [0.29, 0.717) is 10.4 Å². The number of thiophene rings is 1. The molecule has 3 aromatic rings. The van der Waals surface area contributed by atoms with Crippen molar-refractivity contribution in [3.8, 4) is 11.1 Å². The molecule has 2 heterocycles. The predicted octanol–water partition coefficient (Wildman–Crippen LogP) is 5.00. The average molecular weight is 403 g/mol. The topological polar surface area (TPSA) is 66.4 Å². The summed E-state index contributed by atoms with van der Waals surface area (Å²) in [5, 5.41) is 12.3. The summed E-state index contributed by atoms with van der Waals surface area (Å²) >= 11 is 0.891. The van der Waals surface area contributed by atoms with Gasteiger partial charge in [-0.3, -0.25) is 4.79 Å². The van der Waals surface area contributed by atoms with Gasteiger partial charge < -0.3 is 10.4 Å². The second-order valence-electron chi connectivity index (χ2n) is 6.31. The largest absolute Gasteiger partial charge is 0.477 e. The zero-order valence-electron chi connectivity index (χ0n) is 14.1. The summed E-state index contributed by atoms with van der Waals surface area (Å²) < 4.78 is 41.4. The van der Waals surface area contributed by atoms with Crippen LogP contribution in [0, 0.1) is 17.5 Å². The lowest BCUT2D eigenvalue weighted by Crippen LogP contribution is -2.23. The summed E-state index contributed by atoms with van der Waals surface area (Å²) in [6, 6.07) is 8.86. The first-order chi connectivity index (χ1) is 13.4. The maximum absolute atomic E-state index is 14.4. The molecule has 4 nitrogen and oxygen atoms in total. The van der Waals surface area contributed by atoms with Crippen LogP contribution < -0.4 is 5.32 Å². The molecule has 2 aromatic carbocycles. The lowest BCUT2D eigenvalue weighted by atomic mass is 9.88. The van der Waals surface area contributed by atoms with Crippen molar-refractivity contribution in [2.24, 2.45) is 0 Å². The molecule has 1 unspecified atom stereocenters. The predicted molar refractivity (Wildman–Crippen MR) is 98.1 cm³/mol. The first kappa shape index (κ1) is 18.2. The van der Waals surface area contributed by atoms with Crippen LogP contribution in [0.2, 0.25) is 0 Å².